The van der Waals surface area contributed by atoms with E-state index in [1.54, 1.807) is 22.3 Å². The molecule has 0 unspecified atom stereocenters. The molecule has 0 amide bonds. The van der Waals surface area contributed by atoms with Crippen molar-refractivity contribution >= 4 is 21.6 Å². The van der Waals surface area contributed by atoms with Gasteiger partial charge in [0.1, 0.15) is 23.1 Å². The number of aryl methyl sites for hydroxylation is 2. The van der Waals surface area contributed by atoms with Crippen molar-refractivity contribution in [3.63, 3.8) is 0 Å². The van der Waals surface area contributed by atoms with E-state index in [2.05, 4.69) is 28.8 Å². The molecular formula is C16H17N7S. The van der Waals surface area contributed by atoms with Gasteiger partial charge >= 0.3 is 0 Å². The van der Waals surface area contributed by atoms with Crippen LogP contribution in [0, 0.1) is 25.2 Å². The number of nitriles is 1. The lowest BCUT2D eigenvalue weighted by molar-refractivity contribution is 0.323. The molecule has 122 valence electrons. The van der Waals surface area contributed by atoms with Gasteiger partial charge in [-0.15, -0.1) is 16.4 Å². The maximum atomic E-state index is 8.99. The van der Waals surface area contributed by atoms with Crippen molar-refractivity contribution < 1.29 is 0 Å². The molecule has 1 saturated heterocycles. The Labute approximate surface area is 143 Å². The fraction of sp³-hybridized carbons (Fsp3) is 0.438. The molecule has 0 radical (unpaired) electrons. The summed E-state index contributed by atoms with van der Waals surface area (Å²) in [6.07, 6.45) is 4.02. The Bertz CT molecular complexity index is 943. The number of aromatic nitrogens is 5. The molecule has 0 N–H and O–H groups in total. The molecule has 0 spiro atoms. The fourth-order valence-corrected chi connectivity index (χ4v) is 4.11. The van der Waals surface area contributed by atoms with Crippen LogP contribution in [0.2, 0.25) is 0 Å². The van der Waals surface area contributed by atoms with Gasteiger partial charge in [0.05, 0.1) is 11.9 Å². The van der Waals surface area contributed by atoms with Crippen LogP contribution in [0.25, 0.3) is 16.0 Å². The van der Waals surface area contributed by atoms with E-state index in [0.29, 0.717) is 5.82 Å². The van der Waals surface area contributed by atoms with Crippen LogP contribution >= 0.6 is 11.3 Å². The minimum atomic E-state index is 0.146. The van der Waals surface area contributed by atoms with Gasteiger partial charge < -0.3 is 0 Å². The molecule has 1 fully saturated rings. The minimum Gasteiger partial charge on any atom is -0.296 e. The lowest BCUT2D eigenvalue weighted by Gasteiger charge is -2.14. The third kappa shape index (κ3) is 2.56. The van der Waals surface area contributed by atoms with Crippen LogP contribution in [0.3, 0.4) is 0 Å². The summed E-state index contributed by atoms with van der Waals surface area (Å²) >= 11 is 1.68. The predicted octanol–water partition coefficient (Wildman–Crippen LogP) is 2.36. The third-order valence-electron chi connectivity index (χ3n) is 4.43. The van der Waals surface area contributed by atoms with Crippen molar-refractivity contribution in [1.29, 1.82) is 5.26 Å². The number of thiophene rings is 1. The number of hydrogen-bond acceptors (Lipinski definition) is 7. The van der Waals surface area contributed by atoms with Crippen LogP contribution in [0.1, 0.15) is 34.9 Å². The largest absolute Gasteiger partial charge is 0.296 e. The van der Waals surface area contributed by atoms with Crippen LogP contribution in [0.5, 0.6) is 0 Å². The van der Waals surface area contributed by atoms with Gasteiger partial charge in [-0.2, -0.15) is 5.26 Å². The maximum absolute atomic E-state index is 8.99. The highest BCUT2D eigenvalue weighted by atomic mass is 32.1. The van der Waals surface area contributed by atoms with Crippen LogP contribution < -0.4 is 0 Å². The Morgan fingerprint density at radius 2 is 2.04 bits per heavy atom. The van der Waals surface area contributed by atoms with Gasteiger partial charge in [-0.05, 0) is 45.3 Å². The number of rotatable bonds is 3. The summed E-state index contributed by atoms with van der Waals surface area (Å²) < 4.78 is 1.59. The molecular weight excluding hydrogens is 322 g/mol. The molecule has 1 aliphatic rings. The van der Waals surface area contributed by atoms with Gasteiger partial charge in [0.25, 0.3) is 5.82 Å². The summed E-state index contributed by atoms with van der Waals surface area (Å²) in [7, 11) is 0. The van der Waals surface area contributed by atoms with Crippen molar-refractivity contribution in [2.45, 2.75) is 33.2 Å². The molecule has 0 saturated carbocycles. The average Bonchev–Trinajstić information content (AvgIpc) is 3.29. The molecule has 4 heterocycles. The summed E-state index contributed by atoms with van der Waals surface area (Å²) in [6.45, 7) is 7.11. The monoisotopic (exact) mass is 339 g/mol. The first kappa shape index (κ1) is 15.2. The highest BCUT2D eigenvalue weighted by Crippen LogP contribution is 2.32. The summed E-state index contributed by atoms with van der Waals surface area (Å²) in [5.74, 6) is 1.66. The summed E-state index contributed by atoms with van der Waals surface area (Å²) in [6, 6.07) is 1.97. The van der Waals surface area contributed by atoms with E-state index in [-0.39, 0.29) is 5.82 Å². The summed E-state index contributed by atoms with van der Waals surface area (Å²) in [5, 5.41) is 14.2. The Balaban J connectivity index is 1.86. The first-order valence-electron chi connectivity index (χ1n) is 7.97. The molecule has 3 aromatic heterocycles. The number of likely N-dealkylation sites (tertiary alicyclic amines) is 1. The second-order valence-corrected chi connectivity index (χ2v) is 7.24. The molecule has 8 heteroatoms. The van der Waals surface area contributed by atoms with Gasteiger partial charge in [-0.3, -0.25) is 4.90 Å². The molecule has 1 aliphatic heterocycles. The highest BCUT2D eigenvalue weighted by Gasteiger charge is 2.19. The van der Waals surface area contributed by atoms with Crippen LogP contribution in [-0.2, 0) is 6.54 Å². The minimum absolute atomic E-state index is 0.146. The average molecular weight is 339 g/mol. The van der Waals surface area contributed by atoms with E-state index in [0.717, 1.165) is 41.2 Å². The second kappa shape index (κ2) is 5.92. The zero-order valence-electron chi connectivity index (χ0n) is 13.7. The smallest absolute Gasteiger partial charge is 0.252 e. The quantitative estimate of drug-likeness (QED) is 0.728. The number of hydrogen-bond donors (Lipinski definition) is 0. The van der Waals surface area contributed by atoms with E-state index in [1.165, 1.54) is 17.7 Å². The van der Waals surface area contributed by atoms with E-state index < -0.39 is 0 Å². The summed E-state index contributed by atoms with van der Waals surface area (Å²) in [4.78, 5) is 18.1. The molecule has 7 nitrogen and oxygen atoms in total. The standard InChI is InChI=1S/C16H17N7S/c1-10-11(2)24-16-14(10)15(23-9-18-12(7-17)21-23)19-13(20-16)8-22-5-3-4-6-22/h9H,3-6,8H2,1-2H3. The van der Waals surface area contributed by atoms with Gasteiger partial charge in [-0.25, -0.2) is 19.6 Å². The summed E-state index contributed by atoms with van der Waals surface area (Å²) in [5.41, 5.74) is 1.16. The van der Waals surface area contributed by atoms with Gasteiger partial charge in [0, 0.05) is 4.88 Å². The van der Waals surface area contributed by atoms with Crippen LogP contribution in [0.15, 0.2) is 6.33 Å². The van der Waals surface area contributed by atoms with Crippen molar-refractivity contribution in [3.8, 4) is 11.9 Å². The number of fused-ring (bicyclic) bond motifs is 1. The third-order valence-corrected chi connectivity index (χ3v) is 5.53. The van der Waals surface area contributed by atoms with E-state index in [1.807, 2.05) is 6.07 Å². The molecule has 24 heavy (non-hydrogen) atoms. The SMILES string of the molecule is Cc1sc2nc(CN3CCCC3)nc(-n3cnc(C#N)n3)c2c1C. The molecule has 3 aromatic rings. The zero-order valence-corrected chi connectivity index (χ0v) is 14.5. The van der Waals surface area contributed by atoms with Crippen LogP contribution in [0.4, 0.5) is 0 Å². The van der Waals surface area contributed by atoms with E-state index in [4.69, 9.17) is 15.2 Å². The zero-order chi connectivity index (χ0) is 16.7. The van der Waals surface area contributed by atoms with Crippen molar-refractivity contribution in [1.82, 2.24) is 29.6 Å². The second-order valence-electron chi connectivity index (χ2n) is 6.03. The fourth-order valence-electron chi connectivity index (χ4n) is 3.07. The first-order valence-corrected chi connectivity index (χ1v) is 8.78. The highest BCUT2D eigenvalue weighted by molar-refractivity contribution is 7.18. The topological polar surface area (TPSA) is 83.5 Å². The van der Waals surface area contributed by atoms with Crippen molar-refractivity contribution in [2.24, 2.45) is 0 Å². The number of nitrogens with zero attached hydrogens (tertiary/aromatic N) is 7. The van der Waals surface area contributed by atoms with Gasteiger partial charge in [-0.1, -0.05) is 0 Å². The lowest BCUT2D eigenvalue weighted by Crippen LogP contribution is -2.20. The van der Waals surface area contributed by atoms with E-state index >= 15 is 0 Å². The Morgan fingerprint density at radius 1 is 1.25 bits per heavy atom. The van der Waals surface area contributed by atoms with Gasteiger partial charge in [0.15, 0.2) is 5.82 Å². The molecule has 0 aromatic carbocycles. The van der Waals surface area contributed by atoms with Gasteiger partial charge in [0.2, 0.25) is 0 Å². The van der Waals surface area contributed by atoms with Crippen LogP contribution in [-0.4, -0.2) is 42.7 Å². The maximum Gasteiger partial charge on any atom is 0.252 e. The van der Waals surface area contributed by atoms with Crippen molar-refractivity contribution in [2.75, 3.05) is 13.1 Å². The van der Waals surface area contributed by atoms with E-state index in [9.17, 15) is 0 Å². The predicted molar refractivity (Wildman–Crippen MR) is 91.0 cm³/mol. The lowest BCUT2D eigenvalue weighted by atomic mass is 10.2. The first-order chi connectivity index (χ1) is 11.7. The molecule has 0 bridgehead atoms. The molecule has 0 atom stereocenters. The van der Waals surface area contributed by atoms with Crippen molar-refractivity contribution in [3.05, 3.63) is 28.4 Å². The Morgan fingerprint density at radius 3 is 2.75 bits per heavy atom. The Kier molecular flexibility index (Phi) is 3.75. The molecule has 4 rings (SSSR count). The normalized spacial score (nSPS) is 15.2. The Hall–Kier alpha value is -2.37. The molecule has 0 aliphatic carbocycles.